The van der Waals surface area contributed by atoms with Crippen molar-refractivity contribution in [2.75, 3.05) is 0 Å². The molecule has 1 unspecified atom stereocenters. The molecule has 1 aromatic carbocycles. The van der Waals surface area contributed by atoms with Crippen molar-refractivity contribution in [3.63, 3.8) is 0 Å². The third-order valence-electron chi connectivity index (χ3n) is 3.98. The number of rotatable bonds is 3. The molecule has 0 aromatic heterocycles. The van der Waals surface area contributed by atoms with E-state index in [9.17, 15) is 0 Å². The summed E-state index contributed by atoms with van der Waals surface area (Å²) in [5, 5.41) is 3.28. The molecule has 0 radical (unpaired) electrons. The summed E-state index contributed by atoms with van der Waals surface area (Å²) in [5.74, 6) is 0. The summed E-state index contributed by atoms with van der Waals surface area (Å²) in [6.07, 6.45) is 3.56. The Hall–Kier alpha value is 0.501. The first-order valence-electron chi connectivity index (χ1n) is 6.27. The molecule has 2 rings (SSSR count). The molecular formula is C15H19Cl3SiTi. The molecule has 0 amide bonds. The van der Waals surface area contributed by atoms with Crippen LogP contribution in [0.3, 0.4) is 0 Å². The Morgan fingerprint density at radius 1 is 1.10 bits per heavy atom. The van der Waals surface area contributed by atoms with Gasteiger partial charge in [0.1, 0.15) is 0 Å². The van der Waals surface area contributed by atoms with Crippen molar-refractivity contribution in [1.29, 1.82) is 0 Å². The maximum Gasteiger partial charge on any atom is -1.00 e. The Labute approximate surface area is 154 Å². The number of allylic oxidation sites excluding steroid dienone is 4. The van der Waals surface area contributed by atoms with Gasteiger partial charge in [-0.25, -0.2) is 0 Å². The fraction of sp³-hybridized carbons (Fsp3) is 0.333. The van der Waals surface area contributed by atoms with Crippen molar-refractivity contribution in [3.05, 3.63) is 51.1 Å². The molecule has 108 valence electrons. The van der Waals surface area contributed by atoms with Crippen LogP contribution in [0, 0.1) is 0 Å². The van der Waals surface area contributed by atoms with Crippen LogP contribution in [0.15, 0.2) is 51.1 Å². The van der Waals surface area contributed by atoms with Gasteiger partial charge in [-0.15, -0.1) is 0 Å². The van der Waals surface area contributed by atoms with Crippen LogP contribution >= 0.6 is 0 Å². The molecule has 1 aliphatic rings. The van der Waals surface area contributed by atoms with Crippen molar-refractivity contribution in [3.8, 4) is 0 Å². The molecule has 20 heavy (non-hydrogen) atoms. The Morgan fingerprint density at radius 3 is 2.05 bits per heavy atom. The average molecular weight is 382 g/mol. The van der Waals surface area contributed by atoms with E-state index in [0.717, 1.165) is 6.42 Å². The molecule has 1 aliphatic carbocycles. The van der Waals surface area contributed by atoms with Crippen LogP contribution < -0.4 is 42.4 Å². The minimum absolute atomic E-state index is 0. The van der Waals surface area contributed by atoms with E-state index in [1.54, 1.807) is 14.3 Å². The van der Waals surface area contributed by atoms with E-state index in [1.165, 1.54) is 11.6 Å². The van der Waals surface area contributed by atoms with Crippen molar-refractivity contribution in [2.24, 2.45) is 0 Å². The largest absolute Gasteiger partial charge is 1.00 e. The monoisotopic (exact) mass is 380 g/mol. The van der Waals surface area contributed by atoms with Gasteiger partial charge in [0.05, 0.1) is 0 Å². The minimum Gasteiger partial charge on any atom is -1.00 e. The van der Waals surface area contributed by atoms with Crippen LogP contribution in [0.2, 0.25) is 12.6 Å². The topological polar surface area (TPSA) is 0 Å². The predicted molar refractivity (Wildman–Crippen MR) is 73.6 cm³/mol. The summed E-state index contributed by atoms with van der Waals surface area (Å²) in [7, 11) is -1.48. The molecule has 0 heterocycles. The smallest absolute Gasteiger partial charge is 1.00 e. The molecule has 0 nitrogen and oxygen atoms in total. The van der Waals surface area contributed by atoms with Gasteiger partial charge in [0.2, 0.25) is 0 Å². The third-order valence-corrected chi connectivity index (χ3v) is 9.90. The first-order valence-corrected chi connectivity index (χ1v) is 9.76. The van der Waals surface area contributed by atoms with Crippen molar-refractivity contribution in [1.82, 2.24) is 0 Å². The average Bonchev–Trinajstić information content (AvgIpc) is 2.70. The van der Waals surface area contributed by atoms with E-state index in [1.807, 2.05) is 0 Å². The maximum atomic E-state index is 2.52. The van der Waals surface area contributed by atoms with Gasteiger partial charge in [-0.3, -0.25) is 0 Å². The molecule has 1 atom stereocenters. The normalized spacial score (nSPS) is 16.4. The summed E-state index contributed by atoms with van der Waals surface area (Å²) in [5.41, 5.74) is 1.53. The first-order chi connectivity index (χ1) is 8.09. The Kier molecular flexibility index (Phi) is 10.8. The molecule has 0 saturated carbocycles. The third kappa shape index (κ3) is 4.25. The van der Waals surface area contributed by atoms with Gasteiger partial charge in [0.15, 0.2) is 0 Å². The maximum absolute atomic E-state index is 2.52. The van der Waals surface area contributed by atoms with Gasteiger partial charge < -0.3 is 37.2 Å². The standard InChI is InChI=1S/C15H19Si.3ClH.Ti/c1-4-16(3,14-10-6-5-7-11-14)15-12-8-9-13(15)2;;;;/h5-7,9-11H,4,8H2,1-3H3;3*1H;/q;;;;+3/p-3. The van der Waals surface area contributed by atoms with Crippen LogP contribution in [-0.4, -0.2) is 8.07 Å². The van der Waals surface area contributed by atoms with Crippen LogP contribution in [0.4, 0.5) is 0 Å². The fourth-order valence-corrected chi connectivity index (χ4v) is 8.28. The Bertz CT molecular complexity index is 485. The van der Waals surface area contributed by atoms with Crippen molar-refractivity contribution in [2.45, 2.75) is 32.9 Å². The first kappa shape index (κ1) is 22.8. The molecule has 5 heteroatoms. The SMILES string of the molecule is CC[Si](C)(C1=[C]([Ti+3])CC=C1C)c1ccccc1.[Cl-].[Cl-].[Cl-]. The quantitative estimate of drug-likeness (QED) is 0.459. The van der Waals surface area contributed by atoms with E-state index in [2.05, 4.69) is 77.2 Å². The summed E-state index contributed by atoms with van der Waals surface area (Å²) in [6.45, 7) is 7.16. The van der Waals surface area contributed by atoms with Gasteiger partial charge in [-0.05, 0) is 0 Å². The van der Waals surface area contributed by atoms with Crippen LogP contribution in [0.5, 0.6) is 0 Å². The fourth-order valence-electron chi connectivity index (χ4n) is 2.80. The number of hydrogen-bond acceptors (Lipinski definition) is 0. The van der Waals surface area contributed by atoms with Crippen molar-refractivity contribution < 1.29 is 57.7 Å². The summed E-state index contributed by atoms with van der Waals surface area (Å²) >= 11 is 2.31. The second-order valence-corrected chi connectivity index (χ2v) is 10.4. The van der Waals surface area contributed by atoms with Crippen molar-refractivity contribution >= 4 is 13.3 Å². The van der Waals surface area contributed by atoms with E-state index < -0.39 is 8.07 Å². The molecule has 1 aromatic rings. The van der Waals surface area contributed by atoms with Crippen LogP contribution in [-0.2, 0) is 20.4 Å². The van der Waals surface area contributed by atoms with E-state index in [-0.39, 0.29) is 37.2 Å². The van der Waals surface area contributed by atoms with E-state index in [0.29, 0.717) is 0 Å². The number of halogens is 3. The second-order valence-electron chi connectivity index (χ2n) is 5.00. The zero-order valence-electron chi connectivity index (χ0n) is 12.0. The summed E-state index contributed by atoms with van der Waals surface area (Å²) in [4.78, 5) is 0. The zero-order valence-corrected chi connectivity index (χ0v) is 16.8. The zero-order chi connectivity index (χ0) is 12.5. The Balaban J connectivity index is 0. The summed E-state index contributed by atoms with van der Waals surface area (Å²) in [6, 6.07) is 12.4. The van der Waals surface area contributed by atoms with Crippen LogP contribution in [0.1, 0.15) is 20.3 Å². The van der Waals surface area contributed by atoms with Gasteiger partial charge in [-0.1, -0.05) is 0 Å². The van der Waals surface area contributed by atoms with Gasteiger partial charge in [-0.2, -0.15) is 0 Å². The van der Waals surface area contributed by atoms with Gasteiger partial charge in [0, 0.05) is 0 Å². The molecule has 0 spiro atoms. The molecule has 0 N–H and O–H groups in total. The Morgan fingerprint density at radius 2 is 1.65 bits per heavy atom. The summed E-state index contributed by atoms with van der Waals surface area (Å²) < 4.78 is 1.60. The van der Waals surface area contributed by atoms with Crippen LogP contribution in [0.25, 0.3) is 0 Å². The second kappa shape index (κ2) is 9.50. The predicted octanol–water partition coefficient (Wildman–Crippen LogP) is -5.31. The minimum atomic E-state index is -1.48. The number of benzene rings is 1. The number of hydrogen-bond donors (Lipinski definition) is 0. The van der Waals surface area contributed by atoms with Gasteiger partial charge >= 0.3 is 118 Å². The molecule has 0 aliphatic heterocycles. The van der Waals surface area contributed by atoms with E-state index in [4.69, 9.17) is 0 Å². The van der Waals surface area contributed by atoms with Gasteiger partial charge in [0.25, 0.3) is 0 Å². The van der Waals surface area contributed by atoms with E-state index >= 15 is 0 Å². The molecule has 0 bridgehead atoms. The molecule has 0 saturated heterocycles. The molecule has 0 fully saturated rings. The molecular weight excluding hydrogens is 362 g/mol.